The fourth-order valence-corrected chi connectivity index (χ4v) is 1.36. The molecule has 0 aliphatic rings. The predicted octanol–water partition coefficient (Wildman–Crippen LogP) is 2.26. The Morgan fingerprint density at radius 2 is 2.00 bits per heavy atom. The van der Waals surface area contributed by atoms with Crippen LogP contribution in [-0.2, 0) is 4.74 Å². The number of benzene rings is 1. The lowest BCUT2D eigenvalue weighted by molar-refractivity contribution is 0.197. The molecular weight excluding hydrogens is 226 g/mol. The number of hydrogen-bond acceptors (Lipinski definition) is 3. The zero-order chi connectivity index (χ0) is 11.8. The summed E-state index contributed by atoms with van der Waals surface area (Å²) in [5.41, 5.74) is 1.03. The van der Waals surface area contributed by atoms with Crippen LogP contribution in [0.3, 0.4) is 0 Å². The van der Waals surface area contributed by atoms with Crippen molar-refractivity contribution in [1.29, 1.82) is 0 Å². The van der Waals surface area contributed by atoms with Gasteiger partial charge in [-0.25, -0.2) is 0 Å². The van der Waals surface area contributed by atoms with Crippen molar-refractivity contribution in [3.8, 4) is 5.75 Å². The minimum absolute atomic E-state index is 0.644. The molecule has 0 saturated heterocycles. The van der Waals surface area contributed by atoms with E-state index in [-0.39, 0.29) is 0 Å². The second-order valence-electron chi connectivity index (χ2n) is 3.50. The first-order valence-corrected chi connectivity index (χ1v) is 5.70. The topological polar surface area (TPSA) is 30.5 Å². The van der Waals surface area contributed by atoms with Crippen molar-refractivity contribution >= 4 is 11.6 Å². The first kappa shape index (κ1) is 13.3. The SMILES string of the molecule is COCCNCCOc1ccc(Cl)c(C)c1. The van der Waals surface area contributed by atoms with E-state index in [9.17, 15) is 0 Å². The van der Waals surface area contributed by atoms with Crippen molar-refractivity contribution in [2.45, 2.75) is 6.92 Å². The van der Waals surface area contributed by atoms with Gasteiger partial charge in [-0.2, -0.15) is 0 Å². The van der Waals surface area contributed by atoms with Gasteiger partial charge in [0.25, 0.3) is 0 Å². The molecule has 0 aliphatic carbocycles. The maximum Gasteiger partial charge on any atom is 0.119 e. The van der Waals surface area contributed by atoms with Crippen LogP contribution in [0.1, 0.15) is 5.56 Å². The number of halogens is 1. The highest BCUT2D eigenvalue weighted by molar-refractivity contribution is 6.31. The first-order chi connectivity index (χ1) is 7.74. The van der Waals surface area contributed by atoms with Crippen LogP contribution >= 0.6 is 11.6 Å². The molecule has 0 radical (unpaired) electrons. The minimum Gasteiger partial charge on any atom is -0.492 e. The van der Waals surface area contributed by atoms with Gasteiger partial charge in [0.05, 0.1) is 6.61 Å². The number of nitrogens with one attached hydrogen (secondary N) is 1. The molecular formula is C12H18ClNO2. The van der Waals surface area contributed by atoms with Crippen LogP contribution in [0.5, 0.6) is 5.75 Å². The third-order valence-corrected chi connectivity index (χ3v) is 2.58. The smallest absolute Gasteiger partial charge is 0.119 e. The summed E-state index contributed by atoms with van der Waals surface area (Å²) < 4.78 is 10.5. The van der Waals surface area contributed by atoms with E-state index in [1.165, 1.54) is 0 Å². The molecule has 0 aliphatic heterocycles. The summed E-state index contributed by atoms with van der Waals surface area (Å²) in [6, 6.07) is 5.67. The lowest BCUT2D eigenvalue weighted by Crippen LogP contribution is -2.24. The molecule has 0 heterocycles. The van der Waals surface area contributed by atoms with Gasteiger partial charge >= 0.3 is 0 Å². The summed E-state index contributed by atoms with van der Waals surface area (Å²) >= 11 is 5.92. The number of aryl methyl sites for hydroxylation is 1. The van der Waals surface area contributed by atoms with Gasteiger partial charge in [-0.15, -0.1) is 0 Å². The van der Waals surface area contributed by atoms with E-state index >= 15 is 0 Å². The van der Waals surface area contributed by atoms with Crippen molar-refractivity contribution in [2.24, 2.45) is 0 Å². The summed E-state index contributed by atoms with van der Waals surface area (Å²) in [4.78, 5) is 0. The van der Waals surface area contributed by atoms with Crippen molar-refractivity contribution < 1.29 is 9.47 Å². The molecule has 0 unspecified atom stereocenters. The Balaban J connectivity index is 2.19. The van der Waals surface area contributed by atoms with Gasteiger partial charge in [0.15, 0.2) is 0 Å². The highest BCUT2D eigenvalue weighted by Crippen LogP contribution is 2.20. The molecule has 1 aromatic rings. The van der Waals surface area contributed by atoms with E-state index < -0.39 is 0 Å². The largest absolute Gasteiger partial charge is 0.492 e. The third-order valence-electron chi connectivity index (χ3n) is 2.16. The highest BCUT2D eigenvalue weighted by Gasteiger charge is 1.98. The summed E-state index contributed by atoms with van der Waals surface area (Å²) in [5.74, 6) is 0.857. The minimum atomic E-state index is 0.644. The molecule has 3 nitrogen and oxygen atoms in total. The molecule has 1 aromatic carbocycles. The summed E-state index contributed by atoms with van der Waals surface area (Å²) in [5, 5.41) is 3.98. The molecule has 0 bridgehead atoms. The second-order valence-corrected chi connectivity index (χ2v) is 3.91. The van der Waals surface area contributed by atoms with Crippen LogP contribution in [0.25, 0.3) is 0 Å². The molecule has 1 N–H and O–H groups in total. The first-order valence-electron chi connectivity index (χ1n) is 5.32. The Morgan fingerprint density at radius 3 is 2.69 bits per heavy atom. The molecule has 4 heteroatoms. The maximum absolute atomic E-state index is 5.92. The van der Waals surface area contributed by atoms with Gasteiger partial charge in [-0.05, 0) is 30.7 Å². The molecule has 1 rings (SSSR count). The Labute approximate surface area is 102 Å². The number of rotatable bonds is 7. The Morgan fingerprint density at radius 1 is 1.25 bits per heavy atom. The van der Waals surface area contributed by atoms with Crippen LogP contribution in [0, 0.1) is 6.92 Å². The molecule has 0 saturated carbocycles. The van der Waals surface area contributed by atoms with Crippen molar-refractivity contribution in [3.63, 3.8) is 0 Å². The molecule has 0 spiro atoms. The van der Waals surface area contributed by atoms with Crippen LogP contribution in [0.2, 0.25) is 5.02 Å². The van der Waals surface area contributed by atoms with Gasteiger partial charge in [-0.1, -0.05) is 11.6 Å². The molecule has 16 heavy (non-hydrogen) atoms. The number of hydrogen-bond donors (Lipinski definition) is 1. The second kappa shape index (κ2) is 7.49. The van der Waals surface area contributed by atoms with Crippen LogP contribution in [0.4, 0.5) is 0 Å². The zero-order valence-corrected chi connectivity index (χ0v) is 10.5. The van der Waals surface area contributed by atoms with Crippen LogP contribution in [0.15, 0.2) is 18.2 Å². The zero-order valence-electron chi connectivity index (χ0n) is 9.75. The van der Waals surface area contributed by atoms with E-state index in [1.54, 1.807) is 7.11 Å². The van der Waals surface area contributed by atoms with E-state index in [0.717, 1.165) is 36.0 Å². The third kappa shape index (κ3) is 4.84. The van der Waals surface area contributed by atoms with Gasteiger partial charge in [0, 0.05) is 25.2 Å². The quantitative estimate of drug-likeness (QED) is 0.746. The standard InChI is InChI=1S/C12H18ClNO2/c1-10-9-11(3-4-12(10)13)16-8-6-14-5-7-15-2/h3-4,9,14H,5-8H2,1-2H3. The van der Waals surface area contributed by atoms with Gasteiger partial charge in [-0.3, -0.25) is 0 Å². The lowest BCUT2D eigenvalue weighted by Gasteiger charge is -2.08. The van der Waals surface area contributed by atoms with Crippen LogP contribution < -0.4 is 10.1 Å². The van der Waals surface area contributed by atoms with Gasteiger partial charge < -0.3 is 14.8 Å². The molecule has 0 amide bonds. The Hall–Kier alpha value is -0.770. The molecule has 0 atom stereocenters. The van der Waals surface area contributed by atoms with Gasteiger partial charge in [0.1, 0.15) is 12.4 Å². The molecule has 0 fully saturated rings. The van der Waals surface area contributed by atoms with E-state index in [1.807, 2.05) is 25.1 Å². The Kier molecular flexibility index (Phi) is 6.23. The van der Waals surface area contributed by atoms with Crippen molar-refractivity contribution in [2.75, 3.05) is 33.4 Å². The lowest BCUT2D eigenvalue weighted by atomic mass is 10.2. The Bertz CT molecular complexity index is 318. The number of ether oxygens (including phenoxy) is 2. The highest BCUT2D eigenvalue weighted by atomic mass is 35.5. The summed E-state index contributed by atoms with van der Waals surface area (Å²) in [6.07, 6.45) is 0. The van der Waals surface area contributed by atoms with Crippen LogP contribution in [-0.4, -0.2) is 33.4 Å². The van der Waals surface area contributed by atoms with E-state index in [4.69, 9.17) is 21.1 Å². The van der Waals surface area contributed by atoms with Crippen molar-refractivity contribution in [1.82, 2.24) is 5.32 Å². The predicted molar refractivity (Wildman–Crippen MR) is 66.4 cm³/mol. The van der Waals surface area contributed by atoms with E-state index in [2.05, 4.69) is 5.32 Å². The number of methoxy groups -OCH3 is 1. The normalized spacial score (nSPS) is 10.4. The summed E-state index contributed by atoms with van der Waals surface area (Å²) in [7, 11) is 1.69. The van der Waals surface area contributed by atoms with Crippen molar-refractivity contribution in [3.05, 3.63) is 28.8 Å². The fourth-order valence-electron chi connectivity index (χ4n) is 1.25. The molecule has 0 aromatic heterocycles. The monoisotopic (exact) mass is 243 g/mol. The average Bonchev–Trinajstić information content (AvgIpc) is 2.28. The fraction of sp³-hybridized carbons (Fsp3) is 0.500. The summed E-state index contributed by atoms with van der Waals surface area (Å²) in [6.45, 7) is 4.99. The molecule has 90 valence electrons. The maximum atomic E-state index is 5.92. The average molecular weight is 244 g/mol. The van der Waals surface area contributed by atoms with E-state index in [0.29, 0.717) is 6.61 Å². The van der Waals surface area contributed by atoms with Gasteiger partial charge in [0.2, 0.25) is 0 Å².